The summed E-state index contributed by atoms with van der Waals surface area (Å²) in [7, 11) is 0. The zero-order chi connectivity index (χ0) is 11.4. The molecule has 16 heavy (non-hydrogen) atoms. The van der Waals surface area contributed by atoms with Gasteiger partial charge in [-0.05, 0) is 13.3 Å². The number of hydrogen-bond donors (Lipinski definition) is 1. The average molecular weight is 217 g/mol. The quantitative estimate of drug-likeness (QED) is 0.856. The monoisotopic (exact) mass is 217 g/mol. The zero-order valence-electron chi connectivity index (χ0n) is 9.31. The summed E-state index contributed by atoms with van der Waals surface area (Å²) in [6.07, 6.45) is 1.44. The lowest BCUT2D eigenvalue weighted by Crippen LogP contribution is -1.86. The van der Waals surface area contributed by atoms with Crippen molar-refractivity contribution in [3.05, 3.63) is 41.7 Å². The fourth-order valence-electron chi connectivity index (χ4n) is 1.54. The highest BCUT2D eigenvalue weighted by Crippen LogP contribution is 2.20. The van der Waals surface area contributed by atoms with Crippen molar-refractivity contribution in [2.24, 2.45) is 0 Å². The molecule has 1 N–H and O–H groups in total. The second-order valence-electron chi connectivity index (χ2n) is 3.87. The van der Waals surface area contributed by atoms with E-state index in [1.165, 1.54) is 5.56 Å². The minimum Gasteiger partial charge on any atom is -0.396 e. The van der Waals surface area contributed by atoms with Crippen LogP contribution in [0.2, 0.25) is 0 Å². The molecule has 0 atom stereocenters. The van der Waals surface area contributed by atoms with E-state index < -0.39 is 0 Å². The van der Waals surface area contributed by atoms with Crippen LogP contribution in [-0.4, -0.2) is 16.9 Å². The molecule has 0 amide bonds. The fourth-order valence-corrected chi connectivity index (χ4v) is 1.54. The van der Waals surface area contributed by atoms with Gasteiger partial charge in [0.05, 0.1) is 0 Å². The highest BCUT2D eigenvalue weighted by Gasteiger charge is 2.05. The van der Waals surface area contributed by atoms with Gasteiger partial charge in [0.15, 0.2) is 0 Å². The minimum atomic E-state index is 0.181. The molecule has 1 heterocycles. The number of aromatic nitrogens is 1. The zero-order valence-corrected chi connectivity index (χ0v) is 9.31. The van der Waals surface area contributed by atoms with Crippen molar-refractivity contribution in [3.8, 4) is 11.3 Å². The second-order valence-corrected chi connectivity index (χ2v) is 3.87. The summed E-state index contributed by atoms with van der Waals surface area (Å²) in [5.74, 6) is 0.824. The van der Waals surface area contributed by atoms with Crippen LogP contribution >= 0.6 is 0 Å². The van der Waals surface area contributed by atoms with Crippen molar-refractivity contribution in [1.29, 1.82) is 0 Å². The number of aliphatic hydroxyl groups is 1. The molecule has 0 aliphatic rings. The van der Waals surface area contributed by atoms with Crippen LogP contribution in [0.5, 0.6) is 0 Å². The van der Waals surface area contributed by atoms with Crippen molar-refractivity contribution < 1.29 is 9.63 Å². The maximum Gasteiger partial charge on any atom is 0.137 e. The van der Waals surface area contributed by atoms with E-state index in [0.29, 0.717) is 6.42 Å². The van der Waals surface area contributed by atoms with Gasteiger partial charge in [-0.1, -0.05) is 35.0 Å². The second kappa shape index (κ2) is 4.94. The lowest BCUT2D eigenvalue weighted by Gasteiger charge is -1.95. The predicted molar refractivity (Wildman–Crippen MR) is 62.1 cm³/mol. The van der Waals surface area contributed by atoms with Crippen LogP contribution in [0.25, 0.3) is 11.3 Å². The predicted octanol–water partition coefficient (Wildman–Crippen LogP) is 2.57. The highest BCUT2D eigenvalue weighted by molar-refractivity contribution is 5.59. The number of hydrogen-bond acceptors (Lipinski definition) is 3. The topological polar surface area (TPSA) is 46.3 Å². The van der Waals surface area contributed by atoms with Crippen LogP contribution in [0.15, 0.2) is 34.9 Å². The number of rotatable bonds is 4. The Labute approximate surface area is 94.7 Å². The van der Waals surface area contributed by atoms with E-state index in [0.717, 1.165) is 23.4 Å². The molecule has 0 saturated carbocycles. The Bertz CT molecular complexity index is 445. The smallest absolute Gasteiger partial charge is 0.137 e. The fraction of sp³-hybridized carbons (Fsp3) is 0.308. The van der Waals surface area contributed by atoms with Crippen molar-refractivity contribution in [2.45, 2.75) is 19.8 Å². The van der Waals surface area contributed by atoms with Crippen molar-refractivity contribution in [2.75, 3.05) is 6.61 Å². The third kappa shape index (κ3) is 2.49. The Kier molecular flexibility index (Phi) is 3.37. The van der Waals surface area contributed by atoms with Crippen LogP contribution in [0.4, 0.5) is 0 Å². The summed E-state index contributed by atoms with van der Waals surface area (Å²) in [6.45, 7) is 2.24. The van der Waals surface area contributed by atoms with E-state index in [4.69, 9.17) is 9.63 Å². The molecule has 0 aliphatic carbocycles. The van der Waals surface area contributed by atoms with Gasteiger partial charge in [-0.2, -0.15) is 0 Å². The first kappa shape index (κ1) is 10.9. The lowest BCUT2D eigenvalue weighted by atomic mass is 10.1. The Morgan fingerprint density at radius 2 is 2.00 bits per heavy atom. The molecule has 0 unspecified atom stereocenters. The van der Waals surface area contributed by atoms with Gasteiger partial charge >= 0.3 is 0 Å². The third-order valence-electron chi connectivity index (χ3n) is 2.49. The summed E-state index contributed by atoms with van der Waals surface area (Å²) < 4.78 is 5.19. The molecule has 2 aromatic rings. The van der Waals surface area contributed by atoms with Gasteiger partial charge in [0, 0.05) is 24.7 Å². The summed E-state index contributed by atoms with van der Waals surface area (Å²) in [5, 5.41) is 12.7. The van der Waals surface area contributed by atoms with E-state index in [-0.39, 0.29) is 6.61 Å². The first-order valence-electron chi connectivity index (χ1n) is 5.43. The third-order valence-corrected chi connectivity index (χ3v) is 2.49. The molecule has 0 aliphatic heterocycles. The average Bonchev–Trinajstić information content (AvgIpc) is 2.76. The number of benzene rings is 1. The van der Waals surface area contributed by atoms with Crippen molar-refractivity contribution >= 4 is 0 Å². The SMILES string of the molecule is Cc1ccc(-c2cc(CCCO)on2)cc1. The molecule has 0 fully saturated rings. The molecule has 0 saturated heterocycles. The maximum atomic E-state index is 8.72. The van der Waals surface area contributed by atoms with Gasteiger partial charge in [0.2, 0.25) is 0 Å². The van der Waals surface area contributed by atoms with Crippen LogP contribution in [0.1, 0.15) is 17.7 Å². The minimum absolute atomic E-state index is 0.181. The first-order chi connectivity index (χ1) is 7.79. The van der Waals surface area contributed by atoms with Crippen LogP contribution in [-0.2, 0) is 6.42 Å². The highest BCUT2D eigenvalue weighted by atomic mass is 16.5. The molecule has 2 rings (SSSR count). The summed E-state index contributed by atoms with van der Waals surface area (Å²) in [4.78, 5) is 0. The number of aryl methyl sites for hydroxylation is 2. The molecule has 0 spiro atoms. The Morgan fingerprint density at radius 3 is 2.69 bits per heavy atom. The molecular formula is C13H15NO2. The molecule has 3 nitrogen and oxygen atoms in total. The molecule has 1 aromatic heterocycles. The number of aliphatic hydroxyl groups excluding tert-OH is 1. The van der Waals surface area contributed by atoms with Crippen LogP contribution < -0.4 is 0 Å². The summed E-state index contributed by atoms with van der Waals surface area (Å²) in [5.41, 5.74) is 3.14. The van der Waals surface area contributed by atoms with Gasteiger partial charge in [-0.3, -0.25) is 0 Å². The van der Waals surface area contributed by atoms with E-state index in [1.807, 2.05) is 18.2 Å². The van der Waals surface area contributed by atoms with Gasteiger partial charge < -0.3 is 9.63 Å². The van der Waals surface area contributed by atoms with Crippen molar-refractivity contribution in [1.82, 2.24) is 5.16 Å². The van der Waals surface area contributed by atoms with Crippen molar-refractivity contribution in [3.63, 3.8) is 0 Å². The summed E-state index contributed by atoms with van der Waals surface area (Å²) in [6, 6.07) is 10.1. The lowest BCUT2D eigenvalue weighted by molar-refractivity contribution is 0.280. The maximum absolute atomic E-state index is 8.72. The van der Waals surface area contributed by atoms with Gasteiger partial charge in [-0.15, -0.1) is 0 Å². The Hall–Kier alpha value is -1.61. The van der Waals surface area contributed by atoms with Gasteiger partial charge in [-0.25, -0.2) is 0 Å². The molecular weight excluding hydrogens is 202 g/mol. The summed E-state index contributed by atoms with van der Waals surface area (Å²) >= 11 is 0. The molecule has 1 aromatic carbocycles. The van der Waals surface area contributed by atoms with E-state index in [2.05, 4.69) is 24.2 Å². The van der Waals surface area contributed by atoms with Crippen LogP contribution in [0.3, 0.4) is 0 Å². The number of nitrogens with zero attached hydrogens (tertiary/aromatic N) is 1. The Balaban J connectivity index is 2.15. The molecule has 0 radical (unpaired) electrons. The molecule has 0 bridgehead atoms. The first-order valence-corrected chi connectivity index (χ1v) is 5.43. The standard InChI is InChI=1S/C13H15NO2/c1-10-4-6-11(7-5-10)13-9-12(16-14-13)3-2-8-15/h4-7,9,15H,2-3,8H2,1H3. The molecule has 3 heteroatoms. The van der Waals surface area contributed by atoms with E-state index >= 15 is 0 Å². The largest absolute Gasteiger partial charge is 0.396 e. The van der Waals surface area contributed by atoms with Gasteiger partial charge in [0.1, 0.15) is 11.5 Å². The van der Waals surface area contributed by atoms with E-state index in [1.54, 1.807) is 0 Å². The normalized spacial score (nSPS) is 10.6. The molecule has 84 valence electrons. The Morgan fingerprint density at radius 1 is 1.25 bits per heavy atom. The van der Waals surface area contributed by atoms with Crippen LogP contribution in [0, 0.1) is 6.92 Å². The van der Waals surface area contributed by atoms with E-state index in [9.17, 15) is 0 Å². The van der Waals surface area contributed by atoms with Gasteiger partial charge in [0.25, 0.3) is 0 Å².